The molecule has 3 heterocycles. The molecular weight excluding hydrogens is 592 g/mol. The van der Waals surface area contributed by atoms with Gasteiger partial charge in [0.25, 0.3) is 0 Å². The summed E-state index contributed by atoms with van der Waals surface area (Å²) >= 11 is 20.1. The number of anilines is 1. The van der Waals surface area contributed by atoms with Gasteiger partial charge in [-0.05, 0) is 35.9 Å². The standard InChI is InChI=1S/C26H22Cl3F3N6S/c27-19-7-6-17(21(28)13-19)16-39-25-35-34-23(38(25)20-4-2-1-3-5-20)15-36-8-10-37(11-9-36)24-22(29)12-18(14-33-24)26(30,31)32/h1-7,12-14H,8-11,15-16H2. The van der Waals surface area contributed by atoms with Crippen molar-refractivity contribution in [1.82, 2.24) is 24.6 Å². The van der Waals surface area contributed by atoms with Crippen LogP contribution in [0, 0.1) is 0 Å². The normalized spacial score (nSPS) is 14.7. The van der Waals surface area contributed by atoms with Crippen molar-refractivity contribution in [3.63, 3.8) is 0 Å². The van der Waals surface area contributed by atoms with Crippen molar-refractivity contribution in [2.45, 2.75) is 23.6 Å². The van der Waals surface area contributed by atoms with Gasteiger partial charge in [0.05, 0.1) is 17.1 Å². The Kier molecular flexibility index (Phi) is 8.58. The third-order valence-electron chi connectivity index (χ3n) is 6.27. The number of aromatic nitrogens is 4. The number of pyridine rings is 1. The smallest absolute Gasteiger partial charge is 0.353 e. The molecule has 1 fully saturated rings. The summed E-state index contributed by atoms with van der Waals surface area (Å²) in [6.07, 6.45) is -3.66. The Morgan fingerprint density at radius 3 is 2.28 bits per heavy atom. The van der Waals surface area contributed by atoms with Gasteiger partial charge in [-0.3, -0.25) is 9.47 Å². The summed E-state index contributed by atoms with van der Waals surface area (Å²) in [4.78, 5) is 8.13. The number of rotatable bonds is 7. The average molecular weight is 614 g/mol. The van der Waals surface area contributed by atoms with E-state index in [1.54, 1.807) is 6.07 Å². The first kappa shape index (κ1) is 28.0. The number of thioether (sulfide) groups is 1. The van der Waals surface area contributed by atoms with Crippen LogP contribution in [0.25, 0.3) is 5.69 Å². The van der Waals surface area contributed by atoms with E-state index < -0.39 is 11.7 Å². The zero-order valence-corrected chi connectivity index (χ0v) is 23.5. The predicted molar refractivity (Wildman–Crippen MR) is 149 cm³/mol. The molecular formula is C26H22Cl3F3N6S. The number of nitrogens with zero attached hydrogens (tertiary/aromatic N) is 6. The summed E-state index contributed by atoms with van der Waals surface area (Å²) in [5, 5.41) is 10.9. The van der Waals surface area contributed by atoms with Crippen molar-refractivity contribution in [2.24, 2.45) is 0 Å². The first-order valence-corrected chi connectivity index (χ1v) is 14.1. The molecule has 39 heavy (non-hydrogen) atoms. The van der Waals surface area contributed by atoms with Crippen LogP contribution in [0.4, 0.5) is 19.0 Å². The Hall–Kier alpha value is -2.50. The van der Waals surface area contributed by atoms with Crippen LogP contribution in [0.3, 0.4) is 0 Å². The van der Waals surface area contributed by atoms with Gasteiger partial charge in [-0.15, -0.1) is 10.2 Å². The Labute approximate surface area is 242 Å². The minimum absolute atomic E-state index is 0.00967. The van der Waals surface area contributed by atoms with E-state index in [4.69, 9.17) is 34.8 Å². The minimum atomic E-state index is -4.49. The number of halogens is 6. The van der Waals surface area contributed by atoms with Crippen molar-refractivity contribution >= 4 is 52.4 Å². The lowest BCUT2D eigenvalue weighted by Gasteiger charge is -2.35. The van der Waals surface area contributed by atoms with Crippen LogP contribution in [-0.4, -0.2) is 50.8 Å². The van der Waals surface area contributed by atoms with Crippen molar-refractivity contribution in [2.75, 3.05) is 31.1 Å². The van der Waals surface area contributed by atoms with E-state index in [0.717, 1.165) is 34.5 Å². The molecule has 1 aliphatic heterocycles. The van der Waals surface area contributed by atoms with Crippen molar-refractivity contribution < 1.29 is 13.2 Å². The lowest BCUT2D eigenvalue weighted by molar-refractivity contribution is -0.137. The van der Waals surface area contributed by atoms with Crippen LogP contribution in [0.5, 0.6) is 0 Å². The van der Waals surface area contributed by atoms with Crippen LogP contribution >= 0.6 is 46.6 Å². The molecule has 0 amide bonds. The first-order chi connectivity index (χ1) is 18.7. The number of para-hydroxylation sites is 1. The molecule has 4 aromatic rings. The van der Waals surface area contributed by atoms with Gasteiger partial charge < -0.3 is 4.90 Å². The van der Waals surface area contributed by atoms with Gasteiger partial charge >= 0.3 is 6.18 Å². The van der Waals surface area contributed by atoms with E-state index in [1.165, 1.54) is 11.8 Å². The van der Waals surface area contributed by atoms with Crippen molar-refractivity contribution in [3.05, 3.63) is 92.8 Å². The second-order valence-corrected chi connectivity index (χ2v) is 11.1. The van der Waals surface area contributed by atoms with Crippen LogP contribution < -0.4 is 4.90 Å². The molecule has 0 atom stereocenters. The fourth-order valence-electron chi connectivity index (χ4n) is 4.25. The molecule has 0 unspecified atom stereocenters. The van der Waals surface area contributed by atoms with Crippen LogP contribution in [0.1, 0.15) is 17.0 Å². The van der Waals surface area contributed by atoms with E-state index >= 15 is 0 Å². The SMILES string of the molecule is FC(F)(F)c1cnc(N2CCN(Cc3nnc(SCc4ccc(Cl)cc4Cl)n3-c3ccccc3)CC2)c(Cl)c1. The Morgan fingerprint density at radius 1 is 0.872 bits per heavy atom. The lowest BCUT2D eigenvalue weighted by atomic mass is 10.2. The predicted octanol–water partition coefficient (Wildman–Crippen LogP) is 7.26. The maximum absolute atomic E-state index is 13.0. The topological polar surface area (TPSA) is 50.1 Å². The molecule has 1 aliphatic rings. The van der Waals surface area contributed by atoms with Gasteiger partial charge in [0, 0.05) is 53.9 Å². The molecule has 0 aliphatic carbocycles. The van der Waals surface area contributed by atoms with Gasteiger partial charge in [-0.25, -0.2) is 4.98 Å². The molecule has 204 valence electrons. The van der Waals surface area contributed by atoms with Gasteiger partial charge in [0.2, 0.25) is 0 Å². The van der Waals surface area contributed by atoms with Gasteiger partial charge in [-0.1, -0.05) is 70.8 Å². The van der Waals surface area contributed by atoms with Gasteiger partial charge in [0.1, 0.15) is 5.82 Å². The third kappa shape index (κ3) is 6.63. The third-order valence-corrected chi connectivity index (χ3v) is 8.12. The summed E-state index contributed by atoms with van der Waals surface area (Å²) in [7, 11) is 0. The zero-order valence-electron chi connectivity index (χ0n) is 20.4. The molecule has 6 nitrogen and oxygen atoms in total. The zero-order chi connectivity index (χ0) is 27.6. The summed E-state index contributed by atoms with van der Waals surface area (Å²) in [6, 6.07) is 16.2. The summed E-state index contributed by atoms with van der Waals surface area (Å²) in [6.45, 7) is 2.99. The molecule has 2 aromatic heterocycles. The maximum Gasteiger partial charge on any atom is 0.417 e. The van der Waals surface area contributed by atoms with E-state index in [2.05, 4.69) is 20.1 Å². The van der Waals surface area contributed by atoms with Gasteiger partial charge in [0.15, 0.2) is 11.0 Å². The highest BCUT2D eigenvalue weighted by Crippen LogP contribution is 2.34. The van der Waals surface area contributed by atoms with E-state index in [-0.39, 0.29) is 5.02 Å². The summed E-state index contributed by atoms with van der Waals surface area (Å²) in [5.41, 5.74) is 1.03. The molecule has 0 radical (unpaired) electrons. The van der Waals surface area contributed by atoms with Crippen LogP contribution in [0.2, 0.25) is 15.1 Å². The molecule has 1 saturated heterocycles. The van der Waals surface area contributed by atoms with Crippen molar-refractivity contribution in [1.29, 1.82) is 0 Å². The Bertz CT molecular complexity index is 1440. The number of piperazine rings is 1. The molecule has 0 saturated carbocycles. The highest BCUT2D eigenvalue weighted by atomic mass is 35.5. The summed E-state index contributed by atoms with van der Waals surface area (Å²) in [5.74, 6) is 1.74. The van der Waals surface area contributed by atoms with Crippen molar-refractivity contribution in [3.8, 4) is 5.69 Å². The molecule has 0 bridgehead atoms. The molecule has 5 rings (SSSR count). The number of hydrogen-bond donors (Lipinski definition) is 0. The quantitative estimate of drug-likeness (QED) is 0.205. The molecule has 0 N–H and O–H groups in total. The number of benzene rings is 2. The average Bonchev–Trinajstić information content (AvgIpc) is 3.31. The maximum atomic E-state index is 13.0. The summed E-state index contributed by atoms with van der Waals surface area (Å²) < 4.78 is 41.0. The fraction of sp³-hybridized carbons (Fsp3) is 0.269. The molecule has 13 heteroatoms. The molecule has 0 spiro atoms. The number of hydrogen-bond acceptors (Lipinski definition) is 6. The highest BCUT2D eigenvalue weighted by Gasteiger charge is 2.32. The van der Waals surface area contributed by atoms with Crippen LogP contribution in [-0.2, 0) is 18.5 Å². The molecule has 2 aromatic carbocycles. The van der Waals surface area contributed by atoms with E-state index in [0.29, 0.717) is 54.3 Å². The van der Waals surface area contributed by atoms with E-state index in [1.807, 2.05) is 51.9 Å². The monoisotopic (exact) mass is 612 g/mol. The Morgan fingerprint density at radius 2 is 1.62 bits per heavy atom. The lowest BCUT2D eigenvalue weighted by Crippen LogP contribution is -2.46. The minimum Gasteiger partial charge on any atom is -0.353 e. The van der Waals surface area contributed by atoms with Crippen LogP contribution in [0.15, 0.2) is 66.0 Å². The second kappa shape index (κ2) is 11.9. The second-order valence-electron chi connectivity index (χ2n) is 8.88. The largest absolute Gasteiger partial charge is 0.417 e. The van der Waals surface area contributed by atoms with E-state index in [9.17, 15) is 13.2 Å². The Balaban J connectivity index is 1.29. The number of alkyl halides is 3. The first-order valence-electron chi connectivity index (χ1n) is 12.0. The van der Waals surface area contributed by atoms with Gasteiger partial charge in [-0.2, -0.15) is 13.2 Å². The highest BCUT2D eigenvalue weighted by molar-refractivity contribution is 7.98. The fourth-order valence-corrected chi connectivity index (χ4v) is 6.07.